The van der Waals surface area contributed by atoms with Gasteiger partial charge in [-0.1, -0.05) is 12.8 Å². The normalized spacial score (nSPS) is 26.3. The van der Waals surface area contributed by atoms with Crippen molar-refractivity contribution >= 4 is 35.6 Å². The molecule has 1 heterocycles. The molecule has 1 aromatic rings. The Bertz CT molecular complexity index is 666. The van der Waals surface area contributed by atoms with E-state index in [4.69, 9.17) is 5.73 Å². The van der Waals surface area contributed by atoms with Gasteiger partial charge in [-0.2, -0.15) is 0 Å². The first-order chi connectivity index (χ1) is 11.4. The SMILES string of the molecule is CC1(N)CCCCC1C(=O)Nc1ccc(N2CCCC2=O)c(F)c1.Cl. The summed E-state index contributed by atoms with van der Waals surface area (Å²) in [6.45, 7) is 2.44. The summed E-state index contributed by atoms with van der Waals surface area (Å²) in [4.78, 5) is 25.7. The first kappa shape index (κ1) is 19.7. The Morgan fingerprint density at radius 2 is 2.12 bits per heavy atom. The zero-order valence-electron chi connectivity index (χ0n) is 14.4. The first-order valence-corrected chi connectivity index (χ1v) is 8.58. The first-order valence-electron chi connectivity index (χ1n) is 8.58. The lowest BCUT2D eigenvalue weighted by atomic mass is 9.74. The number of nitrogens with one attached hydrogen (secondary N) is 1. The predicted molar refractivity (Wildman–Crippen MR) is 98.4 cm³/mol. The van der Waals surface area contributed by atoms with Crippen LogP contribution in [-0.4, -0.2) is 23.9 Å². The highest BCUT2D eigenvalue weighted by Gasteiger charge is 2.37. The lowest BCUT2D eigenvalue weighted by Crippen LogP contribution is -2.51. The third-order valence-corrected chi connectivity index (χ3v) is 5.15. The summed E-state index contributed by atoms with van der Waals surface area (Å²) in [5.74, 6) is -0.993. The Kier molecular flexibility index (Phi) is 6.06. The van der Waals surface area contributed by atoms with Gasteiger partial charge in [-0.15, -0.1) is 12.4 Å². The van der Waals surface area contributed by atoms with E-state index in [9.17, 15) is 14.0 Å². The zero-order chi connectivity index (χ0) is 17.3. The molecule has 25 heavy (non-hydrogen) atoms. The molecule has 1 aliphatic carbocycles. The number of carbonyl (C=O) groups is 2. The lowest BCUT2D eigenvalue weighted by molar-refractivity contribution is -0.122. The van der Waals surface area contributed by atoms with Gasteiger partial charge in [0.1, 0.15) is 5.82 Å². The van der Waals surface area contributed by atoms with Gasteiger partial charge in [0.2, 0.25) is 11.8 Å². The number of amides is 2. The van der Waals surface area contributed by atoms with Crippen LogP contribution in [0.2, 0.25) is 0 Å². The molecule has 1 saturated carbocycles. The van der Waals surface area contributed by atoms with Crippen LogP contribution in [0.5, 0.6) is 0 Å². The summed E-state index contributed by atoms with van der Waals surface area (Å²) in [6.07, 6.45) is 4.78. The maximum absolute atomic E-state index is 14.4. The average molecular weight is 370 g/mol. The second-order valence-electron chi connectivity index (χ2n) is 7.11. The van der Waals surface area contributed by atoms with E-state index < -0.39 is 11.4 Å². The summed E-state index contributed by atoms with van der Waals surface area (Å²) in [7, 11) is 0. The van der Waals surface area contributed by atoms with Crippen LogP contribution in [0, 0.1) is 11.7 Å². The number of carbonyl (C=O) groups excluding carboxylic acids is 2. The Labute approximate surface area is 153 Å². The minimum atomic E-state index is -0.525. The molecule has 3 N–H and O–H groups in total. The van der Waals surface area contributed by atoms with Crippen molar-refractivity contribution in [2.24, 2.45) is 11.7 Å². The molecule has 138 valence electrons. The molecule has 5 nitrogen and oxygen atoms in total. The highest BCUT2D eigenvalue weighted by Crippen LogP contribution is 2.33. The van der Waals surface area contributed by atoms with Gasteiger partial charge in [0.05, 0.1) is 11.6 Å². The molecular weight excluding hydrogens is 345 g/mol. The number of rotatable bonds is 3. The molecule has 0 aromatic heterocycles. The molecule has 1 saturated heterocycles. The second-order valence-corrected chi connectivity index (χ2v) is 7.11. The number of nitrogens with two attached hydrogens (primary N) is 1. The highest BCUT2D eigenvalue weighted by molar-refractivity contribution is 5.96. The van der Waals surface area contributed by atoms with Crippen molar-refractivity contribution in [3.63, 3.8) is 0 Å². The Morgan fingerprint density at radius 1 is 1.36 bits per heavy atom. The van der Waals surface area contributed by atoms with E-state index in [2.05, 4.69) is 5.32 Å². The van der Waals surface area contributed by atoms with Crippen molar-refractivity contribution in [1.82, 2.24) is 0 Å². The summed E-state index contributed by atoms with van der Waals surface area (Å²) < 4.78 is 14.4. The molecule has 1 aliphatic heterocycles. The molecular formula is C18H25ClFN3O2. The average Bonchev–Trinajstić information content (AvgIpc) is 2.93. The summed E-state index contributed by atoms with van der Waals surface area (Å²) in [5.41, 5.74) is 6.40. The van der Waals surface area contributed by atoms with Gasteiger partial charge < -0.3 is 16.0 Å². The van der Waals surface area contributed by atoms with Crippen LogP contribution in [-0.2, 0) is 9.59 Å². The van der Waals surface area contributed by atoms with Crippen LogP contribution >= 0.6 is 12.4 Å². The molecule has 0 radical (unpaired) electrons. The predicted octanol–water partition coefficient (Wildman–Crippen LogP) is 3.22. The van der Waals surface area contributed by atoms with Gasteiger partial charge in [-0.25, -0.2) is 4.39 Å². The van der Waals surface area contributed by atoms with Crippen molar-refractivity contribution in [3.05, 3.63) is 24.0 Å². The number of benzene rings is 1. The maximum Gasteiger partial charge on any atom is 0.229 e. The summed E-state index contributed by atoms with van der Waals surface area (Å²) >= 11 is 0. The van der Waals surface area contributed by atoms with Crippen LogP contribution in [0.1, 0.15) is 45.4 Å². The van der Waals surface area contributed by atoms with Crippen LogP contribution < -0.4 is 16.0 Å². The Balaban J connectivity index is 0.00000225. The molecule has 2 unspecified atom stereocenters. The molecule has 2 atom stereocenters. The molecule has 3 rings (SSSR count). The third-order valence-electron chi connectivity index (χ3n) is 5.15. The number of nitrogens with zero attached hydrogens (tertiary/aromatic N) is 1. The number of hydrogen-bond acceptors (Lipinski definition) is 3. The van der Waals surface area contributed by atoms with E-state index >= 15 is 0 Å². The third kappa shape index (κ3) is 4.12. The van der Waals surface area contributed by atoms with E-state index in [1.807, 2.05) is 6.92 Å². The van der Waals surface area contributed by atoms with E-state index in [1.54, 1.807) is 12.1 Å². The van der Waals surface area contributed by atoms with Crippen LogP contribution in [0.25, 0.3) is 0 Å². The van der Waals surface area contributed by atoms with Crippen LogP contribution in [0.15, 0.2) is 18.2 Å². The fraction of sp³-hybridized carbons (Fsp3) is 0.556. The number of hydrogen-bond donors (Lipinski definition) is 2. The molecule has 0 spiro atoms. The Morgan fingerprint density at radius 3 is 2.72 bits per heavy atom. The minimum absolute atomic E-state index is 0. The second kappa shape index (κ2) is 7.70. The molecule has 7 heteroatoms. The fourth-order valence-electron chi connectivity index (χ4n) is 3.72. The molecule has 0 bridgehead atoms. The van der Waals surface area contributed by atoms with E-state index in [1.165, 1.54) is 11.0 Å². The van der Waals surface area contributed by atoms with Crippen LogP contribution in [0.3, 0.4) is 0 Å². The quantitative estimate of drug-likeness (QED) is 0.858. The summed E-state index contributed by atoms with van der Waals surface area (Å²) in [6, 6.07) is 4.46. The molecule has 1 aromatic carbocycles. The van der Waals surface area contributed by atoms with Gasteiger partial charge >= 0.3 is 0 Å². The zero-order valence-corrected chi connectivity index (χ0v) is 15.2. The molecule has 2 aliphatic rings. The molecule has 2 amide bonds. The highest BCUT2D eigenvalue weighted by atomic mass is 35.5. The van der Waals surface area contributed by atoms with E-state index in [0.717, 1.165) is 32.1 Å². The maximum atomic E-state index is 14.4. The summed E-state index contributed by atoms with van der Waals surface area (Å²) in [5, 5.41) is 2.77. The van der Waals surface area contributed by atoms with Gasteiger partial charge in [0, 0.05) is 24.2 Å². The van der Waals surface area contributed by atoms with Crippen molar-refractivity contribution < 1.29 is 14.0 Å². The smallest absolute Gasteiger partial charge is 0.229 e. The largest absolute Gasteiger partial charge is 0.326 e. The van der Waals surface area contributed by atoms with E-state index in [-0.39, 0.29) is 35.8 Å². The van der Waals surface area contributed by atoms with E-state index in [0.29, 0.717) is 18.7 Å². The van der Waals surface area contributed by atoms with Crippen molar-refractivity contribution in [1.29, 1.82) is 0 Å². The molecule has 2 fully saturated rings. The van der Waals surface area contributed by atoms with Crippen LogP contribution in [0.4, 0.5) is 15.8 Å². The van der Waals surface area contributed by atoms with Crippen molar-refractivity contribution in [2.75, 3.05) is 16.8 Å². The minimum Gasteiger partial charge on any atom is -0.326 e. The van der Waals surface area contributed by atoms with Gasteiger partial charge in [-0.05, 0) is 44.4 Å². The van der Waals surface area contributed by atoms with Gasteiger partial charge in [-0.3, -0.25) is 9.59 Å². The fourth-order valence-corrected chi connectivity index (χ4v) is 3.72. The standard InChI is InChI=1S/C18H24FN3O2.ClH/c1-18(20)9-3-2-5-13(18)17(24)21-12-7-8-15(14(19)11-12)22-10-4-6-16(22)23;/h7-8,11,13H,2-6,9-10,20H2,1H3,(H,21,24);1H. The number of halogens is 2. The monoisotopic (exact) mass is 369 g/mol. The van der Waals surface area contributed by atoms with Gasteiger partial charge in [0.25, 0.3) is 0 Å². The topological polar surface area (TPSA) is 75.4 Å². The lowest BCUT2D eigenvalue weighted by Gasteiger charge is -2.37. The van der Waals surface area contributed by atoms with Crippen molar-refractivity contribution in [3.8, 4) is 0 Å². The van der Waals surface area contributed by atoms with Gasteiger partial charge in [0.15, 0.2) is 0 Å². The Hall–Kier alpha value is -1.66. The van der Waals surface area contributed by atoms with Crippen molar-refractivity contribution in [2.45, 2.75) is 51.0 Å². The number of anilines is 2.